The van der Waals surface area contributed by atoms with E-state index in [9.17, 15) is 23.1 Å². The summed E-state index contributed by atoms with van der Waals surface area (Å²) in [5, 5.41) is 21.3. The zero-order valence-corrected chi connectivity index (χ0v) is 20.1. The number of nitrogens with one attached hydrogen (secondary N) is 1. The number of aliphatic hydroxyl groups is 1. The molecule has 36 heavy (non-hydrogen) atoms. The van der Waals surface area contributed by atoms with Crippen LogP contribution in [0.5, 0.6) is 0 Å². The molecular formula is C25H24F3N5O2S. The molecule has 0 bridgehead atoms. The second kappa shape index (κ2) is 11.2. The van der Waals surface area contributed by atoms with E-state index >= 15 is 0 Å². The number of aromatic nitrogens is 2. The second-order valence-corrected chi connectivity index (χ2v) is 9.58. The van der Waals surface area contributed by atoms with E-state index in [1.54, 1.807) is 29.2 Å². The number of thiophene rings is 1. The van der Waals surface area contributed by atoms with Gasteiger partial charge in [0.05, 0.1) is 41.4 Å². The van der Waals surface area contributed by atoms with Gasteiger partial charge in [0.25, 0.3) is 0 Å². The van der Waals surface area contributed by atoms with Crippen molar-refractivity contribution in [1.29, 1.82) is 5.26 Å². The number of halogens is 3. The molecule has 1 aliphatic heterocycles. The van der Waals surface area contributed by atoms with Gasteiger partial charge < -0.3 is 15.3 Å². The van der Waals surface area contributed by atoms with Crippen LogP contribution in [-0.4, -0.2) is 46.5 Å². The first kappa shape index (κ1) is 25.8. The number of hydrogen-bond acceptors (Lipinski definition) is 8. The highest BCUT2D eigenvalue weighted by Gasteiger charge is 2.38. The molecule has 1 saturated heterocycles. The van der Waals surface area contributed by atoms with Crippen molar-refractivity contribution in [3.05, 3.63) is 64.3 Å². The number of carbonyl (C=O) groups is 1. The zero-order chi connectivity index (χ0) is 25.7. The van der Waals surface area contributed by atoms with Gasteiger partial charge in [-0.1, -0.05) is 12.1 Å². The highest BCUT2D eigenvalue weighted by atomic mass is 32.1. The van der Waals surface area contributed by atoms with Crippen molar-refractivity contribution >= 4 is 22.9 Å². The summed E-state index contributed by atoms with van der Waals surface area (Å²) in [6, 6.07) is 13.4. The maximum Gasteiger partial charge on any atom is 0.451 e. The number of rotatable bonds is 9. The first-order valence-electron chi connectivity index (χ1n) is 11.4. The molecule has 4 rings (SSSR count). The number of aliphatic hydroxyl groups excluding tert-OH is 1. The summed E-state index contributed by atoms with van der Waals surface area (Å²) in [6.45, 7) is 0.843. The fraction of sp³-hybridized carbons (Fsp3) is 0.360. The van der Waals surface area contributed by atoms with Crippen LogP contribution in [0.15, 0.2) is 42.5 Å². The van der Waals surface area contributed by atoms with Crippen molar-refractivity contribution in [3.63, 3.8) is 0 Å². The van der Waals surface area contributed by atoms with Crippen LogP contribution in [0.1, 0.15) is 34.7 Å². The maximum absolute atomic E-state index is 13.6. The third-order valence-electron chi connectivity index (χ3n) is 5.93. The Balaban J connectivity index is 1.46. The van der Waals surface area contributed by atoms with Gasteiger partial charge in [0.2, 0.25) is 5.82 Å². The van der Waals surface area contributed by atoms with E-state index in [1.807, 2.05) is 12.1 Å². The maximum atomic E-state index is 13.6. The molecule has 0 unspecified atom stereocenters. The lowest BCUT2D eigenvalue weighted by Gasteiger charge is -2.25. The lowest BCUT2D eigenvalue weighted by Crippen LogP contribution is -2.41. The molecule has 0 amide bonds. The minimum absolute atomic E-state index is 0.0692. The van der Waals surface area contributed by atoms with Gasteiger partial charge in [0.15, 0.2) is 5.78 Å². The zero-order valence-electron chi connectivity index (χ0n) is 19.3. The molecule has 3 aromatic rings. The van der Waals surface area contributed by atoms with Crippen molar-refractivity contribution in [2.75, 3.05) is 24.5 Å². The number of Topliss-reactive ketones (excluding diaryl/α,β-unsaturated/α-hetero) is 1. The first-order chi connectivity index (χ1) is 17.3. The number of alkyl halides is 3. The Hall–Kier alpha value is -3.33. The predicted octanol–water partition coefficient (Wildman–Crippen LogP) is 3.96. The van der Waals surface area contributed by atoms with E-state index < -0.39 is 18.0 Å². The smallest absolute Gasteiger partial charge is 0.391 e. The Morgan fingerprint density at radius 3 is 2.67 bits per heavy atom. The van der Waals surface area contributed by atoms with Crippen molar-refractivity contribution in [2.45, 2.75) is 38.1 Å². The number of anilines is 1. The Morgan fingerprint density at radius 1 is 1.22 bits per heavy atom. The number of nitriles is 1. The molecule has 0 aliphatic carbocycles. The van der Waals surface area contributed by atoms with E-state index in [0.717, 1.165) is 16.9 Å². The first-order valence-corrected chi connectivity index (χ1v) is 12.3. The standard InChI is InChI=1S/C25H24F3N5O2S/c26-25(27,28)24-31-19(22-8-7-18(15-34)36-22)12-23(32-24)33-11-1-2-20(33)21(35)14-30-10-9-16-3-5-17(13-29)6-4-16/h3-8,12,20,30,34H,1-2,9-11,14-15H2/t20-/m0/s1. The normalized spacial score (nSPS) is 15.8. The molecule has 188 valence electrons. The Morgan fingerprint density at radius 2 is 2.00 bits per heavy atom. The lowest BCUT2D eigenvalue weighted by molar-refractivity contribution is -0.144. The van der Waals surface area contributed by atoms with Crippen LogP contribution in [0, 0.1) is 11.3 Å². The highest BCUT2D eigenvalue weighted by molar-refractivity contribution is 7.15. The molecule has 1 atom stereocenters. The Bertz CT molecular complexity index is 1250. The molecule has 11 heteroatoms. The van der Waals surface area contributed by atoms with Crippen LogP contribution in [-0.2, 0) is 24.0 Å². The summed E-state index contributed by atoms with van der Waals surface area (Å²) in [5.41, 5.74) is 1.72. The summed E-state index contributed by atoms with van der Waals surface area (Å²) in [4.78, 5) is 23.2. The number of ketones is 1. The van der Waals surface area contributed by atoms with Gasteiger partial charge in [-0.15, -0.1) is 11.3 Å². The topological polar surface area (TPSA) is 102 Å². The van der Waals surface area contributed by atoms with Crippen LogP contribution in [0.4, 0.5) is 19.0 Å². The minimum Gasteiger partial charge on any atom is -0.391 e. The van der Waals surface area contributed by atoms with Gasteiger partial charge in [0.1, 0.15) is 5.82 Å². The summed E-state index contributed by atoms with van der Waals surface area (Å²) in [6.07, 6.45) is -2.87. The number of hydrogen-bond donors (Lipinski definition) is 2. The van der Waals surface area contributed by atoms with Crippen molar-refractivity contribution < 1.29 is 23.1 Å². The molecule has 1 aliphatic rings. The van der Waals surface area contributed by atoms with Gasteiger partial charge >= 0.3 is 6.18 Å². The minimum atomic E-state index is -4.74. The monoisotopic (exact) mass is 515 g/mol. The quantitative estimate of drug-likeness (QED) is 0.416. The second-order valence-electron chi connectivity index (χ2n) is 8.41. The summed E-state index contributed by atoms with van der Waals surface area (Å²) >= 11 is 1.16. The lowest BCUT2D eigenvalue weighted by atomic mass is 10.1. The number of nitrogens with zero attached hydrogens (tertiary/aromatic N) is 4. The average molecular weight is 516 g/mol. The molecule has 0 spiro atoms. The van der Waals surface area contributed by atoms with Gasteiger partial charge in [-0.3, -0.25) is 4.79 Å². The summed E-state index contributed by atoms with van der Waals surface area (Å²) in [7, 11) is 0. The largest absolute Gasteiger partial charge is 0.451 e. The fourth-order valence-electron chi connectivity index (χ4n) is 4.12. The van der Waals surface area contributed by atoms with E-state index in [1.165, 1.54) is 6.07 Å². The molecule has 0 radical (unpaired) electrons. The summed E-state index contributed by atoms with van der Waals surface area (Å²) in [5.74, 6) is -1.30. The Labute approximate surface area is 210 Å². The molecule has 2 N–H and O–H groups in total. The van der Waals surface area contributed by atoms with Crippen molar-refractivity contribution in [2.24, 2.45) is 0 Å². The Kier molecular flexibility index (Phi) is 7.98. The van der Waals surface area contributed by atoms with Gasteiger partial charge in [-0.05, 0) is 55.6 Å². The molecule has 1 aromatic carbocycles. The van der Waals surface area contributed by atoms with Crippen LogP contribution < -0.4 is 10.2 Å². The average Bonchev–Trinajstić information content (AvgIpc) is 3.56. The third kappa shape index (κ3) is 6.07. The van der Waals surface area contributed by atoms with Crippen molar-refractivity contribution in [3.8, 4) is 16.6 Å². The summed E-state index contributed by atoms with van der Waals surface area (Å²) < 4.78 is 40.8. The molecular weight excluding hydrogens is 491 g/mol. The molecule has 3 heterocycles. The van der Waals surface area contributed by atoms with Gasteiger partial charge in [-0.2, -0.15) is 18.4 Å². The van der Waals surface area contributed by atoms with Crippen LogP contribution in [0.25, 0.3) is 10.6 Å². The van der Waals surface area contributed by atoms with Crippen molar-refractivity contribution in [1.82, 2.24) is 15.3 Å². The number of carbonyl (C=O) groups excluding carboxylic acids is 1. The third-order valence-corrected chi connectivity index (χ3v) is 7.02. The number of benzene rings is 1. The van der Waals surface area contributed by atoms with E-state index in [4.69, 9.17) is 5.26 Å². The van der Waals surface area contributed by atoms with Crippen LogP contribution >= 0.6 is 11.3 Å². The van der Waals surface area contributed by atoms with Crippen LogP contribution in [0.2, 0.25) is 0 Å². The molecule has 7 nitrogen and oxygen atoms in total. The van der Waals surface area contributed by atoms with E-state index in [-0.39, 0.29) is 30.4 Å². The molecule has 2 aromatic heterocycles. The SMILES string of the molecule is N#Cc1ccc(CCNCC(=O)[C@@H]2CCCN2c2cc(-c3ccc(CO)s3)nc(C(F)(F)F)n2)cc1. The van der Waals surface area contributed by atoms with Gasteiger partial charge in [0, 0.05) is 17.5 Å². The highest BCUT2D eigenvalue weighted by Crippen LogP contribution is 2.35. The van der Waals surface area contributed by atoms with E-state index in [2.05, 4.69) is 21.4 Å². The predicted molar refractivity (Wildman–Crippen MR) is 129 cm³/mol. The van der Waals surface area contributed by atoms with E-state index in [0.29, 0.717) is 47.7 Å². The molecule has 1 fully saturated rings. The van der Waals surface area contributed by atoms with Crippen LogP contribution in [0.3, 0.4) is 0 Å². The van der Waals surface area contributed by atoms with Gasteiger partial charge in [-0.25, -0.2) is 9.97 Å². The molecule has 0 saturated carbocycles. The fourth-order valence-corrected chi connectivity index (χ4v) is 4.95.